The van der Waals surface area contributed by atoms with Gasteiger partial charge in [0.05, 0.1) is 32.0 Å². The standard InChI is InChI=1S/C20H24ClNO5/c1-5-25-17-10-13(11-18(26-6-2)19(17)27-7-3)20(23)22-14-8-9-16(24-4)15(21)12-14/h8-12H,5-7H2,1-4H3,(H,22,23). The smallest absolute Gasteiger partial charge is 0.255 e. The summed E-state index contributed by atoms with van der Waals surface area (Å²) in [5.41, 5.74) is 0.938. The Kier molecular flexibility index (Phi) is 7.61. The molecule has 2 rings (SSSR count). The van der Waals surface area contributed by atoms with Crippen LogP contribution in [-0.2, 0) is 0 Å². The lowest BCUT2D eigenvalue weighted by molar-refractivity contribution is 0.102. The van der Waals surface area contributed by atoms with E-state index < -0.39 is 0 Å². The highest BCUT2D eigenvalue weighted by molar-refractivity contribution is 6.32. The highest BCUT2D eigenvalue weighted by atomic mass is 35.5. The number of carbonyl (C=O) groups is 1. The van der Waals surface area contributed by atoms with E-state index >= 15 is 0 Å². The predicted molar refractivity (Wildman–Crippen MR) is 106 cm³/mol. The fourth-order valence-electron chi connectivity index (χ4n) is 2.47. The van der Waals surface area contributed by atoms with Crippen LogP contribution >= 0.6 is 11.6 Å². The Morgan fingerprint density at radius 2 is 1.52 bits per heavy atom. The van der Waals surface area contributed by atoms with Gasteiger partial charge >= 0.3 is 0 Å². The first kappa shape index (κ1) is 20.7. The maximum absolute atomic E-state index is 12.7. The average molecular weight is 394 g/mol. The molecule has 1 N–H and O–H groups in total. The topological polar surface area (TPSA) is 66.0 Å². The summed E-state index contributed by atoms with van der Waals surface area (Å²) in [7, 11) is 1.53. The summed E-state index contributed by atoms with van der Waals surface area (Å²) < 4.78 is 22.1. The van der Waals surface area contributed by atoms with Crippen LogP contribution in [0.2, 0.25) is 5.02 Å². The fraction of sp³-hybridized carbons (Fsp3) is 0.350. The Labute approximate surface area is 164 Å². The molecule has 0 aliphatic rings. The Balaban J connectivity index is 2.35. The maximum Gasteiger partial charge on any atom is 0.255 e. The van der Waals surface area contributed by atoms with Gasteiger partial charge in [-0.25, -0.2) is 0 Å². The zero-order valence-corrected chi connectivity index (χ0v) is 16.7. The number of carbonyl (C=O) groups excluding carboxylic acids is 1. The summed E-state index contributed by atoms with van der Waals surface area (Å²) in [6.45, 7) is 6.93. The number of hydrogen-bond acceptors (Lipinski definition) is 5. The number of rotatable bonds is 9. The summed E-state index contributed by atoms with van der Waals surface area (Å²) in [6, 6.07) is 8.30. The lowest BCUT2D eigenvalue weighted by Gasteiger charge is -2.17. The van der Waals surface area contributed by atoms with Gasteiger partial charge in [0.1, 0.15) is 5.75 Å². The molecule has 0 saturated heterocycles. The van der Waals surface area contributed by atoms with Crippen LogP contribution in [0.25, 0.3) is 0 Å². The summed E-state index contributed by atoms with van der Waals surface area (Å²) in [5, 5.41) is 3.22. The molecule has 0 atom stereocenters. The molecule has 6 nitrogen and oxygen atoms in total. The minimum atomic E-state index is -0.318. The van der Waals surface area contributed by atoms with Crippen LogP contribution in [0.15, 0.2) is 30.3 Å². The molecular weight excluding hydrogens is 370 g/mol. The van der Waals surface area contributed by atoms with E-state index in [1.165, 1.54) is 7.11 Å². The highest BCUT2D eigenvalue weighted by Gasteiger charge is 2.18. The molecule has 7 heteroatoms. The highest BCUT2D eigenvalue weighted by Crippen LogP contribution is 2.39. The van der Waals surface area contributed by atoms with E-state index in [0.717, 1.165) is 0 Å². The van der Waals surface area contributed by atoms with E-state index in [1.54, 1.807) is 30.3 Å². The van der Waals surface area contributed by atoms with Crippen LogP contribution in [0.1, 0.15) is 31.1 Å². The molecule has 0 saturated carbocycles. The minimum Gasteiger partial charge on any atom is -0.495 e. The van der Waals surface area contributed by atoms with Crippen molar-refractivity contribution in [3.63, 3.8) is 0 Å². The first-order valence-corrected chi connectivity index (χ1v) is 9.13. The summed E-state index contributed by atoms with van der Waals surface area (Å²) in [5.74, 6) is 1.63. The molecule has 0 spiro atoms. The Morgan fingerprint density at radius 3 is 2.00 bits per heavy atom. The number of halogens is 1. The van der Waals surface area contributed by atoms with Crippen molar-refractivity contribution in [2.75, 3.05) is 32.2 Å². The third-order valence-electron chi connectivity index (χ3n) is 3.58. The van der Waals surface area contributed by atoms with Gasteiger partial charge in [0.25, 0.3) is 5.91 Å². The van der Waals surface area contributed by atoms with Gasteiger partial charge in [-0.1, -0.05) is 11.6 Å². The van der Waals surface area contributed by atoms with Gasteiger partial charge in [-0.15, -0.1) is 0 Å². The van der Waals surface area contributed by atoms with Crippen molar-refractivity contribution in [3.05, 3.63) is 40.9 Å². The molecule has 1 amide bonds. The Hall–Kier alpha value is -2.60. The van der Waals surface area contributed by atoms with Crippen molar-refractivity contribution in [3.8, 4) is 23.0 Å². The molecule has 0 aliphatic carbocycles. The Bertz CT molecular complexity index is 767. The van der Waals surface area contributed by atoms with Gasteiger partial charge in [0.2, 0.25) is 5.75 Å². The van der Waals surface area contributed by atoms with Gasteiger partial charge < -0.3 is 24.3 Å². The molecule has 146 valence electrons. The molecule has 0 fully saturated rings. The second-order valence-electron chi connectivity index (χ2n) is 5.40. The van der Waals surface area contributed by atoms with Crippen LogP contribution in [0.5, 0.6) is 23.0 Å². The number of ether oxygens (including phenoxy) is 4. The van der Waals surface area contributed by atoms with E-state index in [-0.39, 0.29) is 5.91 Å². The van der Waals surface area contributed by atoms with Crippen molar-refractivity contribution in [1.29, 1.82) is 0 Å². The lowest BCUT2D eigenvalue weighted by atomic mass is 10.1. The SMILES string of the molecule is CCOc1cc(C(=O)Nc2ccc(OC)c(Cl)c2)cc(OCC)c1OCC. The lowest BCUT2D eigenvalue weighted by Crippen LogP contribution is -2.13. The van der Waals surface area contributed by atoms with Crippen LogP contribution < -0.4 is 24.3 Å². The number of anilines is 1. The third-order valence-corrected chi connectivity index (χ3v) is 3.88. The molecule has 0 bridgehead atoms. The molecule has 0 aromatic heterocycles. The molecule has 2 aromatic rings. The molecular formula is C20H24ClNO5. The fourth-order valence-corrected chi connectivity index (χ4v) is 2.72. The molecule has 0 aliphatic heterocycles. The van der Waals surface area contributed by atoms with E-state index in [2.05, 4.69) is 5.32 Å². The number of nitrogens with one attached hydrogen (secondary N) is 1. The number of amides is 1. The van der Waals surface area contributed by atoms with Crippen LogP contribution in [-0.4, -0.2) is 32.8 Å². The Morgan fingerprint density at radius 1 is 0.926 bits per heavy atom. The molecule has 0 heterocycles. The van der Waals surface area contributed by atoms with E-state index in [0.29, 0.717) is 59.1 Å². The molecule has 27 heavy (non-hydrogen) atoms. The van der Waals surface area contributed by atoms with Gasteiger partial charge in [-0.3, -0.25) is 4.79 Å². The van der Waals surface area contributed by atoms with Gasteiger partial charge in [0, 0.05) is 11.3 Å². The predicted octanol–water partition coefficient (Wildman–Crippen LogP) is 4.80. The summed E-state index contributed by atoms with van der Waals surface area (Å²) >= 11 is 6.11. The second-order valence-corrected chi connectivity index (χ2v) is 5.81. The first-order valence-electron chi connectivity index (χ1n) is 8.75. The van der Waals surface area contributed by atoms with Crippen molar-refractivity contribution in [2.45, 2.75) is 20.8 Å². The van der Waals surface area contributed by atoms with Crippen LogP contribution in [0.3, 0.4) is 0 Å². The summed E-state index contributed by atoms with van der Waals surface area (Å²) in [6.07, 6.45) is 0. The van der Waals surface area contributed by atoms with E-state index in [9.17, 15) is 4.79 Å². The first-order chi connectivity index (χ1) is 13.0. The largest absolute Gasteiger partial charge is 0.495 e. The van der Waals surface area contributed by atoms with Crippen LogP contribution in [0.4, 0.5) is 5.69 Å². The number of hydrogen-bond donors (Lipinski definition) is 1. The van der Waals surface area contributed by atoms with Crippen molar-refractivity contribution in [2.24, 2.45) is 0 Å². The molecule has 0 radical (unpaired) electrons. The zero-order valence-electron chi connectivity index (χ0n) is 15.9. The van der Waals surface area contributed by atoms with E-state index in [4.69, 9.17) is 30.5 Å². The third kappa shape index (κ3) is 5.20. The van der Waals surface area contributed by atoms with Gasteiger partial charge in [-0.05, 0) is 51.1 Å². The summed E-state index contributed by atoms with van der Waals surface area (Å²) in [4.78, 5) is 12.7. The normalized spacial score (nSPS) is 10.3. The van der Waals surface area contributed by atoms with Gasteiger partial charge in [-0.2, -0.15) is 0 Å². The van der Waals surface area contributed by atoms with Crippen molar-refractivity contribution >= 4 is 23.2 Å². The zero-order chi connectivity index (χ0) is 19.8. The average Bonchev–Trinajstić information content (AvgIpc) is 2.64. The van der Waals surface area contributed by atoms with Crippen molar-refractivity contribution < 1.29 is 23.7 Å². The number of benzene rings is 2. The van der Waals surface area contributed by atoms with Gasteiger partial charge in [0.15, 0.2) is 11.5 Å². The minimum absolute atomic E-state index is 0.318. The van der Waals surface area contributed by atoms with Crippen molar-refractivity contribution in [1.82, 2.24) is 0 Å². The quantitative estimate of drug-likeness (QED) is 0.663. The molecule has 0 unspecified atom stereocenters. The van der Waals surface area contributed by atoms with E-state index in [1.807, 2.05) is 20.8 Å². The second kappa shape index (κ2) is 9.92. The number of methoxy groups -OCH3 is 1. The molecule has 2 aromatic carbocycles. The maximum atomic E-state index is 12.7. The monoisotopic (exact) mass is 393 g/mol. The van der Waals surface area contributed by atoms with Crippen LogP contribution in [0, 0.1) is 0 Å².